The molecule has 0 aliphatic heterocycles. The van der Waals surface area contributed by atoms with Crippen LogP contribution in [0.5, 0.6) is 0 Å². The minimum Gasteiger partial charge on any atom is -0.394 e. The monoisotopic (exact) mass is 320 g/mol. The van der Waals surface area contributed by atoms with E-state index in [1.807, 2.05) is 0 Å². The van der Waals surface area contributed by atoms with E-state index in [9.17, 15) is 25.2 Å². The predicted octanol–water partition coefficient (Wildman–Crippen LogP) is 0.522. The van der Waals surface area contributed by atoms with Gasteiger partial charge in [0.1, 0.15) is 24.4 Å². The SMILES string of the molecule is CCCCCCCCCCC(=O)[C@H](O)[C@@H](O)[C@H](O)[C@H](O)CO. The first-order valence-corrected chi connectivity index (χ1v) is 8.31. The number of carbonyl (C=O) groups is 1. The maximum Gasteiger partial charge on any atom is 0.164 e. The number of Topliss-reactive ketones (excluding diaryl/α,β-unsaturated/α-hetero) is 1. The van der Waals surface area contributed by atoms with Crippen LogP contribution in [0.2, 0.25) is 0 Å². The molecular weight excluding hydrogens is 288 g/mol. The molecule has 0 aliphatic rings. The molecule has 0 saturated carbocycles. The van der Waals surface area contributed by atoms with Gasteiger partial charge in [0.05, 0.1) is 6.61 Å². The van der Waals surface area contributed by atoms with Crippen LogP contribution in [0.15, 0.2) is 0 Å². The Bertz CT molecular complexity index is 284. The zero-order chi connectivity index (χ0) is 17.0. The quantitative estimate of drug-likeness (QED) is 0.298. The van der Waals surface area contributed by atoms with Gasteiger partial charge in [-0.05, 0) is 6.42 Å². The Morgan fingerprint density at radius 1 is 0.818 bits per heavy atom. The minimum absolute atomic E-state index is 0.134. The molecule has 0 heterocycles. The van der Waals surface area contributed by atoms with E-state index in [0.717, 1.165) is 19.3 Å². The highest BCUT2D eigenvalue weighted by atomic mass is 16.4. The Hall–Kier alpha value is -0.530. The molecule has 0 aromatic rings. The summed E-state index contributed by atoms with van der Waals surface area (Å²) in [4.78, 5) is 11.7. The molecule has 0 unspecified atom stereocenters. The second-order valence-corrected chi connectivity index (χ2v) is 5.87. The van der Waals surface area contributed by atoms with Crippen molar-refractivity contribution in [3.63, 3.8) is 0 Å². The third-order valence-electron chi connectivity index (χ3n) is 3.86. The van der Waals surface area contributed by atoms with Gasteiger partial charge in [0.15, 0.2) is 5.78 Å². The average molecular weight is 320 g/mol. The highest BCUT2D eigenvalue weighted by Gasteiger charge is 2.33. The number of ketones is 1. The predicted molar refractivity (Wildman–Crippen MR) is 83.3 cm³/mol. The first-order valence-electron chi connectivity index (χ1n) is 8.31. The van der Waals surface area contributed by atoms with E-state index in [4.69, 9.17) is 5.11 Å². The molecule has 0 spiro atoms. The lowest BCUT2D eigenvalue weighted by atomic mass is 9.97. The molecule has 0 rings (SSSR count). The van der Waals surface area contributed by atoms with Crippen LogP contribution in [0.4, 0.5) is 0 Å². The minimum atomic E-state index is -1.79. The fourth-order valence-electron chi connectivity index (χ4n) is 2.29. The molecule has 0 aromatic heterocycles. The van der Waals surface area contributed by atoms with Crippen molar-refractivity contribution in [3.05, 3.63) is 0 Å². The van der Waals surface area contributed by atoms with Crippen molar-refractivity contribution < 1.29 is 30.3 Å². The van der Waals surface area contributed by atoms with Crippen LogP contribution in [0.1, 0.15) is 64.7 Å². The topological polar surface area (TPSA) is 118 Å². The lowest BCUT2D eigenvalue weighted by molar-refractivity contribution is -0.147. The van der Waals surface area contributed by atoms with Gasteiger partial charge in [0, 0.05) is 6.42 Å². The standard InChI is InChI=1S/C16H32O6/c1-2-3-4-5-6-7-8-9-10-12(18)14(20)16(22)15(21)13(19)11-17/h13-17,19-22H,2-11H2,1H3/t13-,14+,15-,16-/m1/s1. The summed E-state index contributed by atoms with van der Waals surface area (Å²) in [6, 6.07) is 0. The third-order valence-corrected chi connectivity index (χ3v) is 3.86. The van der Waals surface area contributed by atoms with Gasteiger partial charge in [0.2, 0.25) is 0 Å². The Morgan fingerprint density at radius 2 is 1.32 bits per heavy atom. The summed E-state index contributed by atoms with van der Waals surface area (Å²) in [5.74, 6) is -0.553. The Kier molecular flexibility index (Phi) is 12.6. The first kappa shape index (κ1) is 21.5. The van der Waals surface area contributed by atoms with Crippen molar-refractivity contribution in [1.29, 1.82) is 0 Å². The number of carbonyl (C=O) groups excluding carboxylic acids is 1. The van der Waals surface area contributed by atoms with Crippen molar-refractivity contribution in [2.24, 2.45) is 0 Å². The molecule has 0 radical (unpaired) electrons. The molecule has 22 heavy (non-hydrogen) atoms. The third kappa shape index (κ3) is 8.80. The Labute approximate surface area is 132 Å². The average Bonchev–Trinajstić information content (AvgIpc) is 2.54. The van der Waals surface area contributed by atoms with E-state index in [1.165, 1.54) is 25.7 Å². The van der Waals surface area contributed by atoms with Crippen LogP contribution in [0.3, 0.4) is 0 Å². The zero-order valence-electron chi connectivity index (χ0n) is 13.5. The number of unbranched alkanes of at least 4 members (excludes halogenated alkanes) is 7. The molecule has 5 N–H and O–H groups in total. The smallest absolute Gasteiger partial charge is 0.164 e. The molecule has 6 nitrogen and oxygen atoms in total. The van der Waals surface area contributed by atoms with Crippen LogP contribution in [0, 0.1) is 0 Å². The molecule has 0 saturated heterocycles. The summed E-state index contributed by atoms with van der Waals surface area (Å²) in [5, 5.41) is 46.5. The lowest BCUT2D eigenvalue weighted by Crippen LogP contribution is -2.48. The first-order chi connectivity index (χ1) is 10.5. The summed E-state index contributed by atoms with van der Waals surface area (Å²) in [7, 11) is 0. The Morgan fingerprint density at radius 3 is 1.82 bits per heavy atom. The van der Waals surface area contributed by atoms with E-state index in [0.29, 0.717) is 6.42 Å². The van der Waals surface area contributed by atoms with Gasteiger partial charge in [-0.15, -0.1) is 0 Å². The van der Waals surface area contributed by atoms with Gasteiger partial charge in [-0.25, -0.2) is 0 Å². The van der Waals surface area contributed by atoms with Gasteiger partial charge < -0.3 is 25.5 Å². The van der Waals surface area contributed by atoms with E-state index >= 15 is 0 Å². The second-order valence-electron chi connectivity index (χ2n) is 5.87. The number of rotatable bonds is 14. The van der Waals surface area contributed by atoms with Crippen molar-refractivity contribution in [3.8, 4) is 0 Å². The van der Waals surface area contributed by atoms with Crippen LogP contribution < -0.4 is 0 Å². The molecule has 0 amide bonds. The molecule has 132 valence electrons. The largest absolute Gasteiger partial charge is 0.394 e. The summed E-state index contributed by atoms with van der Waals surface area (Å²) in [5.41, 5.74) is 0. The Balaban J connectivity index is 3.82. The van der Waals surface area contributed by atoms with Crippen molar-refractivity contribution in [2.75, 3.05) is 6.61 Å². The van der Waals surface area contributed by atoms with E-state index in [2.05, 4.69) is 6.92 Å². The fraction of sp³-hybridized carbons (Fsp3) is 0.938. The van der Waals surface area contributed by atoms with Crippen LogP contribution in [-0.2, 0) is 4.79 Å². The van der Waals surface area contributed by atoms with Crippen molar-refractivity contribution >= 4 is 5.78 Å². The fourth-order valence-corrected chi connectivity index (χ4v) is 2.29. The maximum atomic E-state index is 11.7. The lowest BCUT2D eigenvalue weighted by Gasteiger charge is -2.24. The molecule has 6 heteroatoms. The van der Waals surface area contributed by atoms with Gasteiger partial charge in [-0.3, -0.25) is 4.79 Å². The van der Waals surface area contributed by atoms with Crippen LogP contribution >= 0.6 is 0 Å². The number of hydrogen-bond donors (Lipinski definition) is 5. The summed E-state index contributed by atoms with van der Waals surface area (Å²) >= 11 is 0. The van der Waals surface area contributed by atoms with Gasteiger partial charge in [-0.2, -0.15) is 0 Å². The summed E-state index contributed by atoms with van der Waals surface area (Å²) < 4.78 is 0. The van der Waals surface area contributed by atoms with Crippen molar-refractivity contribution in [2.45, 2.75) is 89.1 Å². The van der Waals surface area contributed by atoms with Crippen LogP contribution in [-0.4, -0.2) is 62.3 Å². The number of aliphatic hydroxyl groups excluding tert-OH is 5. The molecule has 4 atom stereocenters. The molecule has 0 aromatic carbocycles. The van der Waals surface area contributed by atoms with E-state index in [-0.39, 0.29) is 6.42 Å². The molecule has 0 fully saturated rings. The van der Waals surface area contributed by atoms with Gasteiger partial charge in [0.25, 0.3) is 0 Å². The molecular formula is C16H32O6. The van der Waals surface area contributed by atoms with Crippen LogP contribution in [0.25, 0.3) is 0 Å². The van der Waals surface area contributed by atoms with E-state index < -0.39 is 36.8 Å². The molecule has 0 bridgehead atoms. The summed E-state index contributed by atoms with van der Waals surface area (Å²) in [6.07, 6.45) is 1.90. The highest BCUT2D eigenvalue weighted by molar-refractivity contribution is 5.83. The molecule has 0 aliphatic carbocycles. The number of hydrogen-bond acceptors (Lipinski definition) is 6. The van der Waals surface area contributed by atoms with Gasteiger partial charge >= 0.3 is 0 Å². The highest BCUT2D eigenvalue weighted by Crippen LogP contribution is 2.12. The van der Waals surface area contributed by atoms with Gasteiger partial charge in [-0.1, -0.05) is 51.9 Å². The second kappa shape index (κ2) is 13.0. The van der Waals surface area contributed by atoms with Crippen molar-refractivity contribution in [1.82, 2.24) is 0 Å². The maximum absolute atomic E-state index is 11.7. The zero-order valence-corrected chi connectivity index (χ0v) is 13.5. The normalized spacial score (nSPS) is 17.0. The number of aliphatic hydroxyl groups is 5. The van der Waals surface area contributed by atoms with E-state index in [1.54, 1.807) is 0 Å². The summed E-state index contributed by atoms with van der Waals surface area (Å²) in [6.45, 7) is 1.42.